The first-order valence-electron chi connectivity index (χ1n) is 6.91. The monoisotopic (exact) mass is 415 g/mol. The van der Waals surface area contributed by atoms with Crippen molar-refractivity contribution in [3.63, 3.8) is 0 Å². The molecule has 0 heterocycles. The average Bonchev–Trinajstić information content (AvgIpc) is 2.53. The van der Waals surface area contributed by atoms with Crippen LogP contribution >= 0.6 is 0 Å². The van der Waals surface area contributed by atoms with E-state index >= 15 is 0 Å². The normalized spacial score (nSPS) is 12.2. The van der Waals surface area contributed by atoms with Crippen molar-refractivity contribution >= 4 is 27.9 Å². The third-order valence-corrected chi connectivity index (χ3v) is 3.81. The third-order valence-electron chi connectivity index (χ3n) is 2.86. The van der Waals surface area contributed by atoms with Gasteiger partial charge < -0.3 is 9.47 Å². The van der Waals surface area contributed by atoms with Crippen LogP contribution < -0.4 is 10.1 Å². The van der Waals surface area contributed by atoms with Crippen molar-refractivity contribution in [3.8, 4) is 5.75 Å². The van der Waals surface area contributed by atoms with Gasteiger partial charge in [0.2, 0.25) is 0 Å². The Balaban J connectivity index is 2.63. The zero-order valence-corrected chi connectivity index (χ0v) is 14.1. The molecule has 0 aliphatic carbocycles. The Labute approximate surface area is 150 Å². The number of alkyl halides is 4. The fraction of sp³-hybridized carbons (Fsp3) is 0.286. The van der Waals surface area contributed by atoms with Gasteiger partial charge in [0.05, 0.1) is 13.0 Å². The molecule has 1 aromatic carbocycles. The molecule has 0 aliphatic rings. The van der Waals surface area contributed by atoms with E-state index < -0.39 is 46.4 Å². The fourth-order valence-corrected chi connectivity index (χ4v) is 2.03. The molecule has 1 aromatic rings. The van der Waals surface area contributed by atoms with Crippen molar-refractivity contribution in [2.75, 3.05) is 11.9 Å². The van der Waals surface area contributed by atoms with Crippen molar-refractivity contribution in [3.05, 3.63) is 36.9 Å². The summed E-state index contributed by atoms with van der Waals surface area (Å²) < 4.78 is 90.3. The first-order chi connectivity index (χ1) is 12.3. The van der Waals surface area contributed by atoms with Crippen molar-refractivity contribution < 1.29 is 49.6 Å². The molecule has 0 bridgehead atoms. The van der Waals surface area contributed by atoms with Crippen molar-refractivity contribution in [2.45, 2.75) is 17.6 Å². The van der Waals surface area contributed by atoms with Crippen LogP contribution in [0.2, 0.25) is 0 Å². The van der Waals surface area contributed by atoms with Crippen LogP contribution in [0.5, 0.6) is 5.75 Å². The number of nitrogens with one attached hydrogen (secondary N) is 1. The van der Waals surface area contributed by atoms with E-state index in [9.17, 15) is 35.6 Å². The standard InChI is InChI=1S/C14H13F4NO7S/c1-2-11(20)26-10-5-3-4-9(8-10)19-12(21)25-7-6-13(15,16)14(17,18)27(22,23)24/h2-5,8H,1,6-7H2,(H,19,21)(H,22,23,24). The fourth-order valence-electron chi connectivity index (χ4n) is 1.56. The summed E-state index contributed by atoms with van der Waals surface area (Å²) in [6.07, 6.45) is -2.31. The molecule has 13 heteroatoms. The third kappa shape index (κ3) is 5.92. The Morgan fingerprint density at radius 3 is 2.44 bits per heavy atom. The molecule has 1 rings (SSSR count). The Hall–Kier alpha value is -2.67. The average molecular weight is 415 g/mol. The van der Waals surface area contributed by atoms with Crippen LogP contribution in [0.25, 0.3) is 0 Å². The number of hydrogen-bond acceptors (Lipinski definition) is 6. The Morgan fingerprint density at radius 2 is 1.89 bits per heavy atom. The van der Waals surface area contributed by atoms with Gasteiger partial charge in [0, 0.05) is 17.8 Å². The van der Waals surface area contributed by atoms with Gasteiger partial charge in [-0.25, -0.2) is 9.59 Å². The number of halogens is 4. The zero-order chi connectivity index (χ0) is 20.9. The Morgan fingerprint density at radius 1 is 1.26 bits per heavy atom. The van der Waals surface area contributed by atoms with Gasteiger partial charge in [0.1, 0.15) is 5.75 Å². The number of carbonyl (C=O) groups excluding carboxylic acids is 2. The summed E-state index contributed by atoms with van der Waals surface area (Å²) in [4.78, 5) is 22.5. The van der Waals surface area contributed by atoms with E-state index in [0.29, 0.717) is 0 Å². The number of ether oxygens (including phenoxy) is 2. The van der Waals surface area contributed by atoms with Crippen molar-refractivity contribution in [2.24, 2.45) is 0 Å². The molecule has 8 nitrogen and oxygen atoms in total. The molecular weight excluding hydrogens is 402 g/mol. The lowest BCUT2D eigenvalue weighted by molar-refractivity contribution is -0.168. The van der Waals surface area contributed by atoms with Crippen molar-refractivity contribution in [1.29, 1.82) is 0 Å². The van der Waals surface area contributed by atoms with Gasteiger partial charge in [0.15, 0.2) is 0 Å². The van der Waals surface area contributed by atoms with Crippen LogP contribution in [0, 0.1) is 0 Å². The van der Waals surface area contributed by atoms with Crippen LogP contribution in [0.15, 0.2) is 36.9 Å². The number of rotatable bonds is 8. The minimum Gasteiger partial charge on any atom is -0.449 e. The maximum atomic E-state index is 13.2. The predicted molar refractivity (Wildman–Crippen MR) is 83.3 cm³/mol. The highest BCUT2D eigenvalue weighted by atomic mass is 32.2. The second kappa shape index (κ2) is 8.35. The molecule has 2 N–H and O–H groups in total. The molecule has 0 fully saturated rings. The molecule has 0 aromatic heterocycles. The van der Waals surface area contributed by atoms with E-state index in [-0.39, 0.29) is 11.4 Å². The second-order valence-corrected chi connectivity index (χ2v) is 6.32. The van der Waals surface area contributed by atoms with Gasteiger partial charge in [-0.15, -0.1) is 0 Å². The van der Waals surface area contributed by atoms with Crippen LogP contribution in [-0.2, 0) is 19.6 Å². The quantitative estimate of drug-likeness (QED) is 0.220. The van der Waals surface area contributed by atoms with E-state index in [1.54, 1.807) is 0 Å². The van der Waals surface area contributed by atoms with Gasteiger partial charge >= 0.3 is 33.4 Å². The summed E-state index contributed by atoms with van der Waals surface area (Å²) in [5.41, 5.74) is 0.0180. The highest BCUT2D eigenvalue weighted by Gasteiger charge is 2.65. The number of hydrogen-bond donors (Lipinski definition) is 2. The second-order valence-electron chi connectivity index (χ2n) is 4.86. The molecule has 27 heavy (non-hydrogen) atoms. The summed E-state index contributed by atoms with van der Waals surface area (Å²) in [6.45, 7) is 1.90. The molecule has 0 aliphatic heterocycles. The summed E-state index contributed by atoms with van der Waals surface area (Å²) >= 11 is 0. The largest absolute Gasteiger partial charge is 0.449 e. The number of carbonyl (C=O) groups is 2. The Kier molecular flexibility index (Phi) is 6.92. The molecule has 0 saturated heterocycles. The predicted octanol–water partition coefficient (Wildman–Crippen LogP) is 2.83. The lowest BCUT2D eigenvalue weighted by Crippen LogP contribution is -2.47. The van der Waals surface area contributed by atoms with Crippen LogP contribution in [0.1, 0.15) is 6.42 Å². The van der Waals surface area contributed by atoms with Crippen molar-refractivity contribution in [1.82, 2.24) is 0 Å². The SMILES string of the molecule is C=CC(=O)Oc1cccc(NC(=O)OCCC(F)(F)C(F)(F)S(=O)(=O)O)c1. The van der Waals surface area contributed by atoms with E-state index in [1.165, 1.54) is 24.3 Å². The van der Waals surface area contributed by atoms with E-state index in [1.807, 2.05) is 0 Å². The van der Waals surface area contributed by atoms with Crippen LogP contribution in [0.4, 0.5) is 28.0 Å². The van der Waals surface area contributed by atoms with E-state index in [2.05, 4.69) is 16.6 Å². The van der Waals surface area contributed by atoms with Gasteiger partial charge in [0.25, 0.3) is 0 Å². The molecule has 150 valence electrons. The summed E-state index contributed by atoms with van der Waals surface area (Å²) in [5, 5.41) is -3.70. The summed E-state index contributed by atoms with van der Waals surface area (Å²) in [5.74, 6) is -5.95. The molecule has 0 atom stereocenters. The Bertz CT molecular complexity index is 827. The number of anilines is 1. The van der Waals surface area contributed by atoms with Gasteiger partial charge in [-0.3, -0.25) is 9.87 Å². The first kappa shape index (κ1) is 22.4. The minimum absolute atomic E-state index is 0.0111. The number of amides is 1. The first-order valence-corrected chi connectivity index (χ1v) is 8.35. The highest BCUT2D eigenvalue weighted by Crippen LogP contribution is 2.40. The zero-order valence-electron chi connectivity index (χ0n) is 13.3. The molecule has 0 unspecified atom stereocenters. The molecule has 0 radical (unpaired) electrons. The maximum absolute atomic E-state index is 13.2. The minimum atomic E-state index is -6.36. The van der Waals surface area contributed by atoms with Gasteiger partial charge in [-0.1, -0.05) is 12.6 Å². The lowest BCUT2D eigenvalue weighted by atomic mass is 10.2. The van der Waals surface area contributed by atoms with E-state index in [4.69, 9.17) is 9.29 Å². The van der Waals surface area contributed by atoms with Gasteiger partial charge in [-0.2, -0.15) is 26.0 Å². The molecular formula is C14H13F4NO7S. The lowest BCUT2D eigenvalue weighted by Gasteiger charge is -2.23. The summed E-state index contributed by atoms with van der Waals surface area (Å²) in [6, 6.07) is 5.20. The molecule has 0 saturated carbocycles. The highest BCUT2D eigenvalue weighted by molar-refractivity contribution is 7.87. The molecule has 1 amide bonds. The summed E-state index contributed by atoms with van der Waals surface area (Å²) in [7, 11) is -6.36. The van der Waals surface area contributed by atoms with E-state index in [0.717, 1.165) is 6.08 Å². The smallest absolute Gasteiger partial charge is 0.431 e. The van der Waals surface area contributed by atoms with Crippen LogP contribution in [0.3, 0.4) is 0 Å². The van der Waals surface area contributed by atoms with Gasteiger partial charge in [-0.05, 0) is 12.1 Å². The molecule has 0 spiro atoms. The number of esters is 1. The maximum Gasteiger partial charge on any atom is 0.431 e. The number of benzene rings is 1. The van der Waals surface area contributed by atoms with Crippen LogP contribution in [-0.4, -0.2) is 42.8 Å². The topological polar surface area (TPSA) is 119 Å².